The Balaban J connectivity index is 1.50. The molecule has 3 rings (SSSR count). The zero-order valence-corrected chi connectivity index (χ0v) is 16.5. The Morgan fingerprint density at radius 3 is 2.57 bits per heavy atom. The molecule has 6 heteroatoms. The van der Waals surface area contributed by atoms with Gasteiger partial charge in [-0.25, -0.2) is 0 Å². The molecular weight excluding hydrogens is 374 g/mol. The minimum atomic E-state index is -0.893. The van der Waals surface area contributed by atoms with Gasteiger partial charge in [-0.1, -0.05) is 36.4 Å². The van der Waals surface area contributed by atoms with Crippen molar-refractivity contribution in [2.75, 3.05) is 18.2 Å². The first kappa shape index (κ1) is 19.8. The van der Waals surface area contributed by atoms with Gasteiger partial charge in [0.2, 0.25) is 0 Å². The van der Waals surface area contributed by atoms with E-state index in [-0.39, 0.29) is 5.75 Å². The molecule has 28 heavy (non-hydrogen) atoms. The third-order valence-corrected chi connectivity index (χ3v) is 5.06. The molecule has 0 unspecified atom stereocenters. The first-order chi connectivity index (χ1) is 13.5. The molecule has 5 nitrogen and oxygen atoms in total. The zero-order chi connectivity index (χ0) is 19.9. The number of methoxy groups -OCH3 is 1. The summed E-state index contributed by atoms with van der Waals surface area (Å²) in [5, 5.41) is 4.98. The molecule has 0 aromatic heterocycles. The van der Waals surface area contributed by atoms with Crippen LogP contribution in [-0.4, -0.2) is 30.8 Å². The fourth-order valence-corrected chi connectivity index (χ4v) is 3.36. The highest BCUT2D eigenvalue weighted by atomic mass is 32.2. The summed E-state index contributed by atoms with van der Waals surface area (Å²) in [6.45, 7) is 1.55. The van der Waals surface area contributed by atoms with Gasteiger partial charge in [-0.2, -0.15) is 0 Å². The highest BCUT2D eigenvalue weighted by molar-refractivity contribution is 8.00. The van der Waals surface area contributed by atoms with Gasteiger partial charge < -0.3 is 14.8 Å². The summed E-state index contributed by atoms with van der Waals surface area (Å²) in [6.07, 6.45) is -0.893. The van der Waals surface area contributed by atoms with E-state index in [2.05, 4.69) is 5.32 Å². The third kappa shape index (κ3) is 5.27. The van der Waals surface area contributed by atoms with Gasteiger partial charge in [0.1, 0.15) is 5.75 Å². The quantitative estimate of drug-likeness (QED) is 0.471. The van der Waals surface area contributed by atoms with Gasteiger partial charge in [-0.05, 0) is 42.0 Å². The normalized spacial score (nSPS) is 11.6. The Morgan fingerprint density at radius 1 is 1.00 bits per heavy atom. The smallest absolute Gasteiger partial charge is 0.317 e. The number of carbonyl (C=O) groups excluding carboxylic acids is 2. The maximum atomic E-state index is 12.2. The number of thioether (sulfide) groups is 1. The van der Waals surface area contributed by atoms with E-state index in [9.17, 15) is 9.59 Å². The molecule has 0 radical (unpaired) electrons. The molecule has 144 valence electrons. The molecule has 0 saturated carbocycles. The highest BCUT2D eigenvalue weighted by Gasteiger charge is 2.18. The average Bonchev–Trinajstić information content (AvgIpc) is 2.72. The van der Waals surface area contributed by atoms with Crippen LogP contribution in [0, 0.1) is 0 Å². The summed E-state index contributed by atoms with van der Waals surface area (Å²) in [5.74, 6) is -0.0623. The van der Waals surface area contributed by atoms with Crippen molar-refractivity contribution < 1.29 is 19.1 Å². The number of hydrogen-bond donors (Lipinski definition) is 1. The number of ether oxygens (including phenoxy) is 2. The molecule has 0 saturated heterocycles. The second-order valence-electron chi connectivity index (χ2n) is 6.15. The Labute approximate surface area is 168 Å². The van der Waals surface area contributed by atoms with Crippen LogP contribution in [0.4, 0.5) is 5.69 Å². The van der Waals surface area contributed by atoms with Gasteiger partial charge in [0, 0.05) is 16.6 Å². The Morgan fingerprint density at radius 2 is 1.79 bits per heavy atom. The van der Waals surface area contributed by atoms with Crippen molar-refractivity contribution in [2.24, 2.45) is 0 Å². The summed E-state index contributed by atoms with van der Waals surface area (Å²) < 4.78 is 10.4. The number of esters is 1. The zero-order valence-electron chi connectivity index (χ0n) is 15.7. The first-order valence-corrected chi connectivity index (χ1v) is 9.80. The number of carbonyl (C=O) groups is 2. The van der Waals surface area contributed by atoms with Crippen LogP contribution in [0.1, 0.15) is 6.92 Å². The van der Waals surface area contributed by atoms with Crippen molar-refractivity contribution in [1.29, 1.82) is 0 Å². The molecule has 1 atom stereocenters. The number of hydrogen-bond acceptors (Lipinski definition) is 5. The maximum Gasteiger partial charge on any atom is 0.317 e. The number of benzene rings is 3. The van der Waals surface area contributed by atoms with Gasteiger partial charge in [0.05, 0.1) is 12.9 Å². The number of nitrogens with one attached hydrogen (secondary N) is 1. The molecule has 3 aromatic carbocycles. The summed E-state index contributed by atoms with van der Waals surface area (Å²) in [7, 11) is 1.55. The Hall–Kier alpha value is -2.99. The van der Waals surface area contributed by atoms with Crippen LogP contribution in [0.15, 0.2) is 71.6 Å². The third-order valence-electron chi connectivity index (χ3n) is 4.09. The molecule has 1 N–H and O–H groups in total. The molecule has 0 bridgehead atoms. The van der Waals surface area contributed by atoms with Crippen LogP contribution in [0.25, 0.3) is 10.8 Å². The van der Waals surface area contributed by atoms with Crippen LogP contribution in [0.5, 0.6) is 5.75 Å². The number of fused-ring (bicyclic) bond motifs is 1. The second kappa shape index (κ2) is 9.28. The topological polar surface area (TPSA) is 64.6 Å². The number of rotatable bonds is 7. The Kier molecular flexibility index (Phi) is 6.55. The summed E-state index contributed by atoms with van der Waals surface area (Å²) in [4.78, 5) is 25.3. The van der Waals surface area contributed by atoms with E-state index in [4.69, 9.17) is 9.47 Å². The summed E-state index contributed by atoms with van der Waals surface area (Å²) in [6, 6.07) is 21.1. The molecule has 0 aliphatic heterocycles. The maximum absolute atomic E-state index is 12.2. The van der Waals surface area contributed by atoms with Crippen molar-refractivity contribution in [3.8, 4) is 5.75 Å². The molecule has 0 heterocycles. The molecule has 0 aliphatic carbocycles. The standard InChI is InChI=1S/C22H21NO4S/c1-15(22(25)23-18-8-5-9-19(13-18)26-2)27-21(24)14-28-20-11-10-16-6-3-4-7-17(16)12-20/h3-13,15H,14H2,1-2H3,(H,23,25)/t15-/m1/s1. The van der Waals surface area contributed by atoms with Gasteiger partial charge in [-0.15, -0.1) is 11.8 Å². The Bertz CT molecular complexity index is 989. The SMILES string of the molecule is COc1cccc(NC(=O)[C@@H](C)OC(=O)CSc2ccc3ccccc3c2)c1. The lowest BCUT2D eigenvalue weighted by molar-refractivity contribution is -0.150. The molecule has 0 spiro atoms. The fraction of sp³-hybridized carbons (Fsp3) is 0.182. The lowest BCUT2D eigenvalue weighted by atomic mass is 10.1. The number of anilines is 1. The molecular formula is C22H21NO4S. The van der Waals surface area contributed by atoms with Gasteiger partial charge in [0.25, 0.3) is 5.91 Å². The summed E-state index contributed by atoms with van der Waals surface area (Å²) in [5.41, 5.74) is 0.581. The van der Waals surface area contributed by atoms with Crippen LogP contribution in [0.2, 0.25) is 0 Å². The molecule has 3 aromatic rings. The fourth-order valence-electron chi connectivity index (χ4n) is 2.63. The monoisotopic (exact) mass is 395 g/mol. The van der Waals surface area contributed by atoms with Crippen LogP contribution in [-0.2, 0) is 14.3 Å². The van der Waals surface area contributed by atoms with Gasteiger partial charge in [0.15, 0.2) is 6.10 Å². The second-order valence-corrected chi connectivity index (χ2v) is 7.20. The average molecular weight is 395 g/mol. The van der Waals surface area contributed by atoms with Crippen molar-refractivity contribution >= 4 is 40.1 Å². The van der Waals surface area contributed by atoms with Crippen LogP contribution >= 0.6 is 11.8 Å². The number of amides is 1. The predicted molar refractivity (Wildman–Crippen MR) is 112 cm³/mol. The van der Waals surface area contributed by atoms with E-state index in [1.165, 1.54) is 11.8 Å². The van der Waals surface area contributed by atoms with Crippen LogP contribution < -0.4 is 10.1 Å². The van der Waals surface area contributed by atoms with E-state index < -0.39 is 18.0 Å². The minimum absolute atomic E-state index is 0.134. The van der Waals surface area contributed by atoms with E-state index in [0.717, 1.165) is 15.7 Å². The largest absolute Gasteiger partial charge is 0.497 e. The van der Waals surface area contributed by atoms with Crippen molar-refractivity contribution in [3.63, 3.8) is 0 Å². The lowest BCUT2D eigenvalue weighted by Gasteiger charge is -2.14. The lowest BCUT2D eigenvalue weighted by Crippen LogP contribution is -2.30. The van der Waals surface area contributed by atoms with Crippen molar-refractivity contribution in [3.05, 3.63) is 66.7 Å². The molecule has 0 aliphatic rings. The van der Waals surface area contributed by atoms with Crippen LogP contribution in [0.3, 0.4) is 0 Å². The first-order valence-electron chi connectivity index (χ1n) is 8.81. The molecule has 1 amide bonds. The van der Waals surface area contributed by atoms with E-state index in [1.54, 1.807) is 38.3 Å². The predicted octanol–water partition coefficient (Wildman–Crippen LogP) is 4.51. The van der Waals surface area contributed by atoms with E-state index >= 15 is 0 Å². The molecule has 0 fully saturated rings. The summed E-state index contributed by atoms with van der Waals surface area (Å²) >= 11 is 1.38. The van der Waals surface area contributed by atoms with Gasteiger partial charge in [-0.3, -0.25) is 9.59 Å². The van der Waals surface area contributed by atoms with Crippen molar-refractivity contribution in [2.45, 2.75) is 17.9 Å². The minimum Gasteiger partial charge on any atom is -0.497 e. The van der Waals surface area contributed by atoms with Crippen molar-refractivity contribution in [1.82, 2.24) is 0 Å². The van der Waals surface area contributed by atoms with E-state index in [1.807, 2.05) is 42.5 Å². The van der Waals surface area contributed by atoms with E-state index in [0.29, 0.717) is 11.4 Å². The highest BCUT2D eigenvalue weighted by Crippen LogP contribution is 2.24. The van der Waals surface area contributed by atoms with Gasteiger partial charge >= 0.3 is 5.97 Å².